The molecule has 36 heavy (non-hydrogen) atoms. The molecule has 1 aromatic carbocycles. The average molecular weight is 497 g/mol. The predicted molar refractivity (Wildman–Crippen MR) is 134 cm³/mol. The van der Waals surface area contributed by atoms with Gasteiger partial charge in [-0.1, -0.05) is 13.0 Å². The molecule has 0 bridgehead atoms. The number of esters is 1. The van der Waals surface area contributed by atoms with Crippen LogP contribution >= 0.6 is 0 Å². The van der Waals surface area contributed by atoms with Crippen molar-refractivity contribution in [1.82, 2.24) is 20.0 Å². The van der Waals surface area contributed by atoms with Crippen LogP contribution in [0.5, 0.6) is 0 Å². The minimum Gasteiger partial charge on any atom is -0.462 e. The highest BCUT2D eigenvalue weighted by Crippen LogP contribution is 2.38. The van der Waals surface area contributed by atoms with Crippen LogP contribution in [0.15, 0.2) is 24.3 Å². The normalized spacial score (nSPS) is 17.6. The molecule has 1 aromatic heterocycles. The first kappa shape index (κ1) is 25.9. The Morgan fingerprint density at radius 2 is 1.97 bits per heavy atom. The number of hydrogen-bond acceptors (Lipinski definition) is 6. The Balaban J connectivity index is 1.46. The van der Waals surface area contributed by atoms with E-state index in [9.17, 15) is 14.4 Å². The molecule has 0 saturated carbocycles. The summed E-state index contributed by atoms with van der Waals surface area (Å²) >= 11 is 0. The fraction of sp³-hybridized carbons (Fsp3) is 0.556. The molecule has 0 radical (unpaired) electrons. The molecule has 0 aliphatic carbocycles. The molecule has 2 aliphatic heterocycles. The molecular weight excluding hydrogens is 460 g/mol. The van der Waals surface area contributed by atoms with Gasteiger partial charge < -0.3 is 19.7 Å². The topological polar surface area (TPSA) is 103 Å². The van der Waals surface area contributed by atoms with E-state index in [4.69, 9.17) is 14.6 Å². The third kappa shape index (κ3) is 5.46. The van der Waals surface area contributed by atoms with E-state index in [0.717, 1.165) is 30.5 Å². The lowest BCUT2D eigenvalue weighted by atomic mass is 9.75. The van der Waals surface area contributed by atoms with Crippen molar-refractivity contribution in [3.63, 3.8) is 0 Å². The molecule has 1 N–H and O–H groups in total. The number of aromatic nitrogens is 2. The van der Waals surface area contributed by atoms with Gasteiger partial charge in [0.15, 0.2) is 0 Å². The Morgan fingerprint density at radius 1 is 1.25 bits per heavy atom. The smallest absolute Gasteiger partial charge is 0.338 e. The highest BCUT2D eigenvalue weighted by Gasteiger charge is 2.39. The minimum atomic E-state index is -0.464. The molecule has 1 fully saturated rings. The molecule has 4 rings (SSSR count). The van der Waals surface area contributed by atoms with E-state index in [2.05, 4.69) is 5.32 Å². The zero-order valence-electron chi connectivity index (χ0n) is 21.6. The van der Waals surface area contributed by atoms with Crippen LogP contribution in [0.1, 0.15) is 69.2 Å². The second-order valence-electron chi connectivity index (χ2n) is 10.2. The van der Waals surface area contributed by atoms with Crippen molar-refractivity contribution in [2.75, 3.05) is 40.5 Å². The number of fused-ring (bicyclic) bond motifs is 1. The monoisotopic (exact) mass is 496 g/mol. The lowest BCUT2D eigenvalue weighted by Gasteiger charge is -2.36. The van der Waals surface area contributed by atoms with Crippen LogP contribution in [-0.4, -0.2) is 72.9 Å². The summed E-state index contributed by atoms with van der Waals surface area (Å²) in [5.41, 5.74) is 3.34. The van der Waals surface area contributed by atoms with Crippen LogP contribution in [-0.2, 0) is 28.9 Å². The number of benzene rings is 1. The molecule has 2 amide bonds. The van der Waals surface area contributed by atoms with Crippen molar-refractivity contribution >= 4 is 17.8 Å². The van der Waals surface area contributed by atoms with Crippen LogP contribution in [0.25, 0.3) is 0 Å². The molecule has 0 unspecified atom stereocenters. The highest BCUT2D eigenvalue weighted by atomic mass is 16.5. The van der Waals surface area contributed by atoms with Crippen LogP contribution in [0.2, 0.25) is 0 Å². The van der Waals surface area contributed by atoms with E-state index >= 15 is 0 Å². The van der Waals surface area contributed by atoms with Crippen LogP contribution in [0, 0.1) is 11.3 Å². The van der Waals surface area contributed by atoms with Crippen LogP contribution in [0.4, 0.5) is 0 Å². The largest absolute Gasteiger partial charge is 0.462 e. The third-order valence-electron chi connectivity index (χ3n) is 7.17. The summed E-state index contributed by atoms with van der Waals surface area (Å²) in [6.07, 6.45) is 3.21. The number of carbonyl (C=O) groups is 3. The van der Waals surface area contributed by atoms with Gasteiger partial charge in [0.1, 0.15) is 5.69 Å². The van der Waals surface area contributed by atoms with Crippen molar-refractivity contribution in [2.24, 2.45) is 11.3 Å². The van der Waals surface area contributed by atoms with Gasteiger partial charge in [-0.05, 0) is 62.1 Å². The van der Waals surface area contributed by atoms with Crippen molar-refractivity contribution in [3.05, 3.63) is 52.3 Å². The van der Waals surface area contributed by atoms with Gasteiger partial charge in [-0.25, -0.2) is 4.79 Å². The summed E-state index contributed by atoms with van der Waals surface area (Å²) < 4.78 is 13.0. The Morgan fingerprint density at radius 3 is 2.67 bits per heavy atom. The number of nitrogens with zero attached hydrogens (tertiary/aromatic N) is 3. The number of hydrogen-bond donors (Lipinski definition) is 1. The first-order valence-electron chi connectivity index (χ1n) is 12.7. The Hall–Kier alpha value is -3.20. The molecule has 9 heteroatoms. The maximum absolute atomic E-state index is 13.0. The second-order valence-corrected chi connectivity index (χ2v) is 10.2. The molecule has 1 saturated heterocycles. The summed E-state index contributed by atoms with van der Waals surface area (Å²) in [6, 6.07) is 6.57. The summed E-state index contributed by atoms with van der Waals surface area (Å²) in [5.74, 6) is -0.702. The number of amides is 2. The fourth-order valence-corrected chi connectivity index (χ4v) is 5.06. The van der Waals surface area contributed by atoms with Gasteiger partial charge in [-0.2, -0.15) is 5.10 Å². The van der Waals surface area contributed by atoms with E-state index in [1.54, 1.807) is 43.0 Å². The van der Waals surface area contributed by atoms with Crippen molar-refractivity contribution < 1.29 is 23.9 Å². The number of rotatable bonds is 7. The third-order valence-corrected chi connectivity index (χ3v) is 7.17. The number of aryl methyl sites for hydroxylation is 1. The van der Waals surface area contributed by atoms with Crippen molar-refractivity contribution in [3.8, 4) is 0 Å². The van der Waals surface area contributed by atoms with Crippen molar-refractivity contribution in [2.45, 2.75) is 46.1 Å². The Kier molecular flexibility index (Phi) is 7.78. The summed E-state index contributed by atoms with van der Waals surface area (Å²) in [7, 11) is 3.34. The zero-order chi connectivity index (χ0) is 25.9. The predicted octanol–water partition coefficient (Wildman–Crippen LogP) is 2.72. The van der Waals surface area contributed by atoms with Gasteiger partial charge in [-0.15, -0.1) is 0 Å². The summed E-state index contributed by atoms with van der Waals surface area (Å²) in [6.45, 7) is 6.88. The molecule has 2 aromatic rings. The molecule has 9 nitrogen and oxygen atoms in total. The molecule has 1 atom stereocenters. The Labute approximate surface area is 212 Å². The second kappa shape index (κ2) is 10.8. The van der Waals surface area contributed by atoms with Crippen molar-refractivity contribution in [1.29, 1.82) is 0 Å². The summed E-state index contributed by atoms with van der Waals surface area (Å²) in [5, 5.41) is 7.92. The Bertz CT molecular complexity index is 1130. The first-order valence-corrected chi connectivity index (χ1v) is 12.7. The van der Waals surface area contributed by atoms with Crippen LogP contribution < -0.4 is 5.32 Å². The fourth-order valence-electron chi connectivity index (χ4n) is 5.06. The lowest BCUT2D eigenvalue weighted by molar-refractivity contribution is 0.0160. The van der Waals surface area contributed by atoms with E-state index in [1.807, 2.05) is 13.8 Å². The molecule has 3 heterocycles. The van der Waals surface area contributed by atoms with Gasteiger partial charge in [0.2, 0.25) is 0 Å². The number of nitrogens with one attached hydrogen (secondary N) is 1. The molecule has 1 spiro atoms. The zero-order valence-corrected chi connectivity index (χ0v) is 21.6. The van der Waals surface area contributed by atoms with E-state index in [1.165, 1.54) is 4.90 Å². The first-order chi connectivity index (χ1) is 17.2. The molecule has 194 valence electrons. The summed E-state index contributed by atoms with van der Waals surface area (Å²) in [4.78, 5) is 39.4. The van der Waals surface area contributed by atoms with Gasteiger partial charge in [0, 0.05) is 51.5 Å². The SMILES string of the molecule is CCn1nc(C[C@@H](C)COC(=O)c2cccc(C(=O)N(C)C)c2)c2c1C(=O)NCC1(CCOCC1)C2. The van der Waals surface area contributed by atoms with Gasteiger partial charge in [-0.3, -0.25) is 14.3 Å². The van der Waals surface area contributed by atoms with E-state index in [0.29, 0.717) is 49.5 Å². The minimum absolute atomic E-state index is 0.00167. The van der Waals surface area contributed by atoms with E-state index < -0.39 is 5.97 Å². The number of carbonyl (C=O) groups excluding carboxylic acids is 3. The standard InChI is InChI=1S/C27H36N4O5/c1-5-31-23-21(15-27(17-28-24(23)32)9-11-35-12-10-27)22(29-31)13-18(2)16-36-26(34)20-8-6-7-19(14-20)25(33)30(3)4/h6-8,14,18H,5,9-13,15-17H2,1-4H3,(H,28,32)/t18-/m1/s1. The maximum Gasteiger partial charge on any atom is 0.338 e. The quantitative estimate of drug-likeness (QED) is 0.592. The lowest BCUT2D eigenvalue weighted by Crippen LogP contribution is -2.40. The van der Waals surface area contributed by atoms with Gasteiger partial charge >= 0.3 is 5.97 Å². The highest BCUT2D eigenvalue weighted by molar-refractivity contribution is 5.97. The average Bonchev–Trinajstić information content (AvgIpc) is 3.15. The van der Waals surface area contributed by atoms with Gasteiger partial charge in [0.25, 0.3) is 11.8 Å². The van der Waals surface area contributed by atoms with Gasteiger partial charge in [0.05, 0.1) is 17.9 Å². The van der Waals surface area contributed by atoms with Crippen LogP contribution in [0.3, 0.4) is 0 Å². The number of ether oxygens (including phenoxy) is 2. The molecular formula is C27H36N4O5. The molecule has 2 aliphatic rings. The maximum atomic E-state index is 13.0. The van der Waals surface area contributed by atoms with E-state index in [-0.39, 0.29) is 29.8 Å².